The maximum Gasteiger partial charge on any atom is 0.645 e. The summed E-state index contributed by atoms with van der Waals surface area (Å²) in [5.41, 5.74) is 2.93. The third-order valence-electron chi connectivity index (χ3n) is 3.85. The molecule has 25 heavy (non-hydrogen) atoms. The van der Waals surface area contributed by atoms with Gasteiger partial charge in [-0.3, -0.25) is 14.1 Å². The zero-order valence-corrected chi connectivity index (χ0v) is 14.1. The number of para-hydroxylation sites is 1. The van der Waals surface area contributed by atoms with Crippen LogP contribution in [0.2, 0.25) is 0 Å². The first-order valence-corrected chi connectivity index (χ1v) is 7.98. The van der Waals surface area contributed by atoms with Crippen molar-refractivity contribution in [3.63, 3.8) is 0 Å². The summed E-state index contributed by atoms with van der Waals surface area (Å²) in [6.45, 7) is 3.86. The first-order valence-electron chi connectivity index (χ1n) is 7.98. The highest BCUT2D eigenvalue weighted by Gasteiger charge is 2.31. The lowest BCUT2D eigenvalue weighted by molar-refractivity contribution is 0.104. The van der Waals surface area contributed by atoms with Gasteiger partial charge in [-0.25, -0.2) is 0 Å². The van der Waals surface area contributed by atoms with Crippen molar-refractivity contribution in [1.29, 1.82) is 0 Å². The van der Waals surface area contributed by atoms with Gasteiger partial charge in [0.15, 0.2) is 0 Å². The molecule has 3 nitrogen and oxygen atoms in total. The van der Waals surface area contributed by atoms with E-state index in [9.17, 15) is 9.11 Å². The van der Waals surface area contributed by atoms with Crippen molar-refractivity contribution in [1.82, 2.24) is 4.98 Å². The minimum atomic E-state index is -2.08. The summed E-state index contributed by atoms with van der Waals surface area (Å²) in [7, 11) is -2.08. The molecule has 0 saturated heterocycles. The molecule has 0 saturated carbocycles. The van der Waals surface area contributed by atoms with Crippen LogP contribution in [-0.2, 0) is 0 Å². The Morgan fingerprint density at radius 2 is 1.72 bits per heavy atom. The molecule has 0 N–H and O–H groups in total. The third kappa shape index (κ3) is 3.94. The summed E-state index contributed by atoms with van der Waals surface area (Å²) >= 11 is 0. The molecule has 3 aromatic rings. The van der Waals surface area contributed by atoms with E-state index in [1.54, 1.807) is 48.7 Å². The van der Waals surface area contributed by atoms with Crippen molar-refractivity contribution < 1.29 is 13.8 Å². The molecular weight excluding hydrogens is 316 g/mol. The van der Waals surface area contributed by atoms with Gasteiger partial charge in [-0.15, -0.1) is 0 Å². The van der Waals surface area contributed by atoms with Crippen LogP contribution in [0, 0.1) is 13.8 Å². The van der Waals surface area contributed by atoms with E-state index in [0.29, 0.717) is 11.3 Å². The highest BCUT2D eigenvalue weighted by atomic mass is 19.1. The third-order valence-corrected chi connectivity index (χ3v) is 3.85. The maximum absolute atomic E-state index is 14.5. The molecule has 0 spiro atoms. The molecule has 124 valence electrons. The molecule has 0 aliphatic heterocycles. The van der Waals surface area contributed by atoms with E-state index in [2.05, 4.69) is 4.98 Å². The van der Waals surface area contributed by atoms with E-state index in [1.165, 1.54) is 0 Å². The van der Waals surface area contributed by atoms with Gasteiger partial charge in [0.05, 0.1) is 5.69 Å². The molecule has 1 aromatic heterocycles. The topological polar surface area (TPSA) is 39.2 Å². The number of aromatic nitrogens is 1. The lowest BCUT2D eigenvalue weighted by Crippen LogP contribution is -2.28. The number of hydrogen-bond donors (Lipinski definition) is 0. The molecule has 3 rings (SSSR count). The average Bonchev–Trinajstić information content (AvgIpc) is 2.62. The van der Waals surface area contributed by atoms with Crippen molar-refractivity contribution in [2.75, 3.05) is 0 Å². The van der Waals surface area contributed by atoms with Crippen LogP contribution in [0.4, 0.5) is 4.32 Å². The van der Waals surface area contributed by atoms with Crippen molar-refractivity contribution in [3.05, 3.63) is 83.6 Å². The van der Waals surface area contributed by atoms with Crippen LogP contribution < -0.4 is 4.65 Å². The lowest BCUT2D eigenvalue weighted by atomic mass is 9.81. The summed E-state index contributed by atoms with van der Waals surface area (Å²) in [4.78, 5) is 16.5. The number of aryl methyl sites for hydroxylation is 2. The zero-order chi connectivity index (χ0) is 17.8. The standard InChI is InChI=1S/C20H17BFNO2/c1-14-7-9-16(10-8-14)20(24)21(22)25-19-6-4-3-5-17(19)18-13-15(2)11-12-23-18/h3-13H,1-2H3. The smallest absolute Gasteiger partial charge is 0.527 e. The molecular formula is C20H17BFNO2. The molecule has 0 aliphatic carbocycles. The van der Waals surface area contributed by atoms with Crippen molar-refractivity contribution >= 4 is 12.9 Å². The Hall–Kier alpha value is -2.95. The second-order valence-corrected chi connectivity index (χ2v) is 5.88. The fourth-order valence-electron chi connectivity index (χ4n) is 2.48. The molecule has 0 fully saturated rings. The van der Waals surface area contributed by atoms with Gasteiger partial charge in [0.1, 0.15) is 5.75 Å². The van der Waals surface area contributed by atoms with E-state index in [1.807, 2.05) is 32.0 Å². The summed E-state index contributed by atoms with van der Waals surface area (Å²) in [5, 5.41) is 0. The van der Waals surface area contributed by atoms with Gasteiger partial charge >= 0.3 is 7.19 Å². The number of benzene rings is 2. The van der Waals surface area contributed by atoms with E-state index in [4.69, 9.17) is 4.65 Å². The fourth-order valence-corrected chi connectivity index (χ4v) is 2.48. The second kappa shape index (κ2) is 7.30. The Balaban J connectivity index is 1.85. The maximum atomic E-state index is 14.5. The van der Waals surface area contributed by atoms with Crippen LogP contribution in [0.25, 0.3) is 11.3 Å². The molecule has 1 heterocycles. The van der Waals surface area contributed by atoms with Crippen LogP contribution in [0.5, 0.6) is 5.75 Å². The largest absolute Gasteiger partial charge is 0.645 e. The van der Waals surface area contributed by atoms with E-state index < -0.39 is 12.9 Å². The van der Waals surface area contributed by atoms with Gasteiger partial charge in [0.2, 0.25) is 5.68 Å². The lowest BCUT2D eigenvalue weighted by Gasteiger charge is -2.12. The Morgan fingerprint density at radius 3 is 2.44 bits per heavy atom. The molecule has 0 amide bonds. The molecule has 0 bridgehead atoms. The highest BCUT2D eigenvalue weighted by molar-refractivity contribution is 6.83. The van der Waals surface area contributed by atoms with Crippen LogP contribution in [-0.4, -0.2) is 17.9 Å². The summed E-state index contributed by atoms with van der Waals surface area (Å²) in [6, 6.07) is 17.5. The number of nitrogens with zero attached hydrogens (tertiary/aromatic N) is 1. The van der Waals surface area contributed by atoms with Crippen LogP contribution in [0.1, 0.15) is 21.5 Å². The first-order chi connectivity index (χ1) is 12.0. The minimum Gasteiger partial charge on any atom is -0.527 e. The predicted molar refractivity (Wildman–Crippen MR) is 97.4 cm³/mol. The Labute approximate surface area is 146 Å². The fraction of sp³-hybridized carbons (Fsp3) is 0.100. The van der Waals surface area contributed by atoms with Crippen LogP contribution in [0.3, 0.4) is 0 Å². The van der Waals surface area contributed by atoms with Gasteiger partial charge in [0, 0.05) is 17.3 Å². The molecule has 0 radical (unpaired) electrons. The average molecular weight is 333 g/mol. The summed E-state index contributed by atoms with van der Waals surface area (Å²) < 4.78 is 19.8. The quantitative estimate of drug-likeness (QED) is 0.640. The molecule has 0 aliphatic rings. The number of carbonyl (C=O) groups is 1. The molecule has 5 heteroatoms. The van der Waals surface area contributed by atoms with E-state index in [0.717, 1.165) is 11.1 Å². The van der Waals surface area contributed by atoms with Gasteiger partial charge in [0.25, 0.3) is 0 Å². The summed E-state index contributed by atoms with van der Waals surface area (Å²) in [5.74, 6) is 0.286. The number of carbonyl (C=O) groups excluding carboxylic acids is 1. The Kier molecular flexibility index (Phi) is 4.94. The SMILES string of the molecule is Cc1ccc(C(=O)B(F)Oc2ccccc2-c2cc(C)ccn2)cc1. The van der Waals surface area contributed by atoms with Gasteiger partial charge < -0.3 is 4.65 Å². The number of rotatable bonds is 5. The predicted octanol–water partition coefficient (Wildman–Crippen LogP) is 4.62. The van der Waals surface area contributed by atoms with Gasteiger partial charge in [-0.05, 0) is 43.7 Å². The normalized spacial score (nSPS) is 10.4. The van der Waals surface area contributed by atoms with Gasteiger partial charge in [-0.1, -0.05) is 42.0 Å². The number of halogens is 1. The van der Waals surface area contributed by atoms with Crippen LogP contribution in [0.15, 0.2) is 66.9 Å². The minimum absolute atomic E-state index is 0.282. The van der Waals surface area contributed by atoms with Crippen molar-refractivity contribution in [2.24, 2.45) is 0 Å². The second-order valence-electron chi connectivity index (χ2n) is 5.88. The number of hydrogen-bond acceptors (Lipinski definition) is 3. The Morgan fingerprint density at radius 1 is 1.00 bits per heavy atom. The van der Waals surface area contributed by atoms with E-state index in [-0.39, 0.29) is 11.3 Å². The summed E-state index contributed by atoms with van der Waals surface area (Å²) in [6.07, 6.45) is 1.69. The van der Waals surface area contributed by atoms with Gasteiger partial charge in [-0.2, -0.15) is 0 Å². The van der Waals surface area contributed by atoms with Crippen molar-refractivity contribution in [2.45, 2.75) is 13.8 Å². The first kappa shape index (κ1) is 16.9. The van der Waals surface area contributed by atoms with Crippen LogP contribution >= 0.6 is 0 Å². The monoisotopic (exact) mass is 333 g/mol. The highest BCUT2D eigenvalue weighted by Crippen LogP contribution is 2.29. The molecule has 0 atom stereocenters. The Bertz CT molecular complexity index is 896. The molecule has 2 aromatic carbocycles. The number of pyridine rings is 1. The van der Waals surface area contributed by atoms with Crippen molar-refractivity contribution in [3.8, 4) is 17.0 Å². The molecule has 0 unspecified atom stereocenters. The zero-order valence-electron chi connectivity index (χ0n) is 14.1. The van der Waals surface area contributed by atoms with E-state index >= 15 is 0 Å².